The smallest absolute Gasteiger partial charge is 0.157 e. The zero-order valence-corrected chi connectivity index (χ0v) is 56.9. The maximum Gasteiger partial charge on any atom is 0.157 e. The number of halogens is 5. The summed E-state index contributed by atoms with van der Waals surface area (Å²) >= 11 is 28.5. The van der Waals surface area contributed by atoms with Crippen LogP contribution in [-0.4, -0.2) is 91.6 Å². The molecule has 0 fully saturated rings. The van der Waals surface area contributed by atoms with Crippen LogP contribution in [0.3, 0.4) is 0 Å². The molecule has 0 aliphatic carbocycles. The number of nitrogens with zero attached hydrogens (tertiary/aromatic N) is 7. The number of nitrogens with one attached hydrogen (secondary N) is 3. The van der Waals surface area contributed by atoms with Gasteiger partial charge in [0.25, 0.3) is 0 Å². The van der Waals surface area contributed by atoms with E-state index in [1.54, 1.807) is 67.4 Å². The van der Waals surface area contributed by atoms with Crippen LogP contribution in [0.2, 0.25) is 25.4 Å². The number of aryl methyl sites for hydroxylation is 3. The number of rotatable bonds is 9. The van der Waals surface area contributed by atoms with Gasteiger partial charge in [-0.15, -0.1) is 0 Å². The summed E-state index contributed by atoms with van der Waals surface area (Å²) in [6.07, 6.45) is 0. The molecular weight excluding hydrogens is 1280 g/mol. The Morgan fingerprint density at radius 3 is 1.23 bits per heavy atom. The number of anilines is 9. The number of aromatic nitrogens is 6. The zero-order chi connectivity index (χ0) is 67.9. The summed E-state index contributed by atoms with van der Waals surface area (Å²) in [5.41, 5.74) is 27.1. The van der Waals surface area contributed by atoms with Crippen molar-refractivity contribution in [1.29, 1.82) is 0 Å². The van der Waals surface area contributed by atoms with Crippen molar-refractivity contribution < 1.29 is 24.1 Å². The van der Waals surface area contributed by atoms with Gasteiger partial charge in [-0.3, -0.25) is 0 Å². The zero-order valence-electron chi connectivity index (χ0n) is 53.1. The first-order chi connectivity index (χ1) is 44.6. The van der Waals surface area contributed by atoms with E-state index in [0.717, 1.165) is 78.1 Å². The van der Waals surface area contributed by atoms with Crippen LogP contribution in [0.1, 0.15) is 17.5 Å². The molecule has 0 saturated heterocycles. The number of nitrogens with two attached hydrogens (primary N) is 4. The summed E-state index contributed by atoms with van der Waals surface area (Å²) in [5.74, 6) is 6.79. The quantitative estimate of drug-likeness (QED) is 0.0492. The van der Waals surface area contributed by atoms with Gasteiger partial charge in [-0.2, -0.15) is 0 Å². The van der Waals surface area contributed by atoms with Crippen molar-refractivity contribution >= 4 is 153 Å². The van der Waals surface area contributed by atoms with Crippen molar-refractivity contribution in [2.75, 3.05) is 100 Å². The maximum absolute atomic E-state index is 9.42. The molecule has 484 valence electrons. The van der Waals surface area contributed by atoms with E-state index in [0.29, 0.717) is 39.8 Å². The van der Waals surface area contributed by atoms with Gasteiger partial charge in [0.2, 0.25) is 0 Å². The second kappa shape index (κ2) is 35.1. The standard InChI is InChI=1S/C17H17ClN4O.2C12H13NO.C10H9NO.C8H11NO.2C5H5Cl2N3/c1-10-20-16(19)15(18)17(21-10)22(2)12-7-8-13-11(9-12)5-4-6-14(13)23-3;2*1-13-10-6-7-11-9(8-10)4-3-5-12(11)14-2;11-8-4-5-9-7(6-8)2-1-3-10(9)12;1-9-7-4-3-5-8(6-7)10-2;2*1-2-9-4(7)3(6)5(8)10-2/h4-9H,1-3H3,(H2,19,20,21);2*3-8,13H,1-2H3;1-6,12H,11H2;3-6,9H,1-2H3;2*1H3,(H2,8,9,10). The van der Waals surface area contributed by atoms with Crippen LogP contribution in [-0.2, 0) is 0 Å². The minimum atomic E-state index is 0.201. The predicted octanol–water partition coefficient (Wildman–Crippen LogP) is 16.9. The number of hydrogen-bond donors (Lipinski definition) is 8. The lowest BCUT2D eigenvalue weighted by atomic mass is 10.1. The minimum absolute atomic E-state index is 0.201. The molecular formula is C69H73Cl5N14O5. The van der Waals surface area contributed by atoms with Crippen molar-refractivity contribution in [2.45, 2.75) is 20.8 Å². The van der Waals surface area contributed by atoms with Crippen molar-refractivity contribution in [3.05, 3.63) is 213 Å². The molecule has 3 aromatic heterocycles. The fourth-order valence-electron chi connectivity index (χ4n) is 8.87. The predicted molar refractivity (Wildman–Crippen MR) is 390 cm³/mol. The Balaban J connectivity index is 0.000000176. The third-order valence-corrected chi connectivity index (χ3v) is 15.4. The molecule has 12 aromatic rings. The van der Waals surface area contributed by atoms with E-state index in [9.17, 15) is 5.11 Å². The van der Waals surface area contributed by atoms with Crippen LogP contribution in [0.15, 0.2) is 170 Å². The lowest BCUT2D eigenvalue weighted by Crippen LogP contribution is -2.14. The number of nitrogen functional groups attached to an aromatic ring is 4. The monoisotopic (exact) mass is 1350 g/mol. The molecule has 0 spiro atoms. The van der Waals surface area contributed by atoms with E-state index >= 15 is 0 Å². The number of aromatic hydroxyl groups is 1. The fourth-order valence-corrected chi connectivity index (χ4v) is 9.69. The Kier molecular flexibility index (Phi) is 27.2. The van der Waals surface area contributed by atoms with Crippen molar-refractivity contribution in [3.63, 3.8) is 0 Å². The average molecular weight is 1360 g/mol. The molecule has 3 heterocycles. The van der Waals surface area contributed by atoms with Crippen molar-refractivity contribution in [2.24, 2.45) is 0 Å². The molecule has 0 aliphatic heterocycles. The third kappa shape index (κ3) is 20.1. The van der Waals surface area contributed by atoms with E-state index in [4.69, 9.17) is 99.9 Å². The molecule has 0 atom stereocenters. The highest BCUT2D eigenvalue weighted by atomic mass is 35.5. The normalized spacial score (nSPS) is 10.2. The summed E-state index contributed by atoms with van der Waals surface area (Å²) < 4.78 is 21.0. The summed E-state index contributed by atoms with van der Waals surface area (Å²) in [5, 5.41) is 28.5. The number of ether oxygens (including phenoxy) is 4. The Morgan fingerprint density at radius 2 is 0.785 bits per heavy atom. The minimum Gasteiger partial charge on any atom is -0.507 e. The highest BCUT2D eigenvalue weighted by molar-refractivity contribution is 6.43. The first-order valence-corrected chi connectivity index (χ1v) is 30.2. The number of benzene rings is 9. The molecule has 93 heavy (non-hydrogen) atoms. The highest BCUT2D eigenvalue weighted by Crippen LogP contribution is 2.36. The molecule has 0 saturated carbocycles. The second-order valence-corrected chi connectivity index (χ2v) is 21.6. The Bertz CT molecular complexity index is 4270. The van der Waals surface area contributed by atoms with Gasteiger partial charge in [0.1, 0.15) is 78.7 Å². The topological polar surface area (TPSA) is 278 Å². The van der Waals surface area contributed by atoms with Crippen LogP contribution in [0.5, 0.6) is 28.7 Å². The van der Waals surface area contributed by atoms with E-state index in [1.807, 2.05) is 142 Å². The third-order valence-electron chi connectivity index (χ3n) is 13.6. The van der Waals surface area contributed by atoms with Crippen molar-refractivity contribution in [1.82, 2.24) is 29.9 Å². The SMILES string of the molecule is CNc1ccc2c(OC)cccc2c1.CNc1ccc2c(OC)cccc2c1.CNc1cccc(OC)c1.COc1cccc2cc(N(C)c3nc(C)nc(N)c3Cl)ccc12.Cc1nc(N)c(Cl)c(Cl)n1.Cc1nc(N)c(Cl)c(Cl)n1.Nc1ccc2c(O)cccc2c1. The number of hydrogen-bond acceptors (Lipinski definition) is 19. The van der Waals surface area contributed by atoms with Crippen LogP contribution in [0.25, 0.3) is 43.1 Å². The molecule has 19 nitrogen and oxygen atoms in total. The fraction of sp³-hybridized carbons (Fsp3) is 0.159. The van der Waals surface area contributed by atoms with Gasteiger partial charge >= 0.3 is 0 Å². The molecule has 12 rings (SSSR count). The van der Waals surface area contributed by atoms with Gasteiger partial charge < -0.3 is 67.8 Å². The van der Waals surface area contributed by atoms with Crippen molar-refractivity contribution in [3.8, 4) is 28.7 Å². The van der Waals surface area contributed by atoms with E-state index in [1.165, 1.54) is 10.8 Å². The summed E-state index contributed by atoms with van der Waals surface area (Å²) in [7, 11) is 14.3. The molecule has 12 N–H and O–H groups in total. The Morgan fingerprint density at radius 1 is 0.398 bits per heavy atom. The molecule has 24 heteroatoms. The Hall–Kier alpha value is -9.89. The van der Waals surface area contributed by atoms with E-state index < -0.39 is 0 Å². The summed E-state index contributed by atoms with van der Waals surface area (Å²) in [6, 6.07) is 55.2. The molecule has 0 aliphatic rings. The van der Waals surface area contributed by atoms with Gasteiger partial charge in [-0.05, 0) is 152 Å². The first kappa shape index (κ1) is 72.2. The average Bonchev–Trinajstić information content (AvgIpc) is 0.974. The summed E-state index contributed by atoms with van der Waals surface area (Å²) in [4.78, 5) is 25.5. The van der Waals surface area contributed by atoms with Gasteiger partial charge in [-0.1, -0.05) is 113 Å². The molecule has 0 radical (unpaired) electrons. The van der Waals surface area contributed by atoms with E-state index in [2.05, 4.69) is 88.3 Å². The van der Waals surface area contributed by atoms with Gasteiger partial charge in [0, 0.05) is 84.2 Å². The number of fused-ring (bicyclic) bond motifs is 4. The van der Waals surface area contributed by atoms with E-state index in [-0.39, 0.29) is 37.8 Å². The van der Waals surface area contributed by atoms with Gasteiger partial charge in [0.05, 0.1) is 28.4 Å². The largest absolute Gasteiger partial charge is 0.507 e. The highest BCUT2D eigenvalue weighted by Gasteiger charge is 2.16. The summed E-state index contributed by atoms with van der Waals surface area (Å²) in [6.45, 7) is 5.17. The molecule has 0 bridgehead atoms. The van der Waals surface area contributed by atoms with Gasteiger partial charge in [-0.25, -0.2) is 29.9 Å². The van der Waals surface area contributed by atoms with Crippen LogP contribution in [0, 0.1) is 20.8 Å². The lowest BCUT2D eigenvalue weighted by Gasteiger charge is -2.21. The van der Waals surface area contributed by atoms with Crippen LogP contribution in [0.4, 0.5) is 51.7 Å². The molecule has 0 unspecified atom stereocenters. The Labute approximate surface area is 565 Å². The first-order valence-electron chi connectivity index (χ1n) is 28.3. The number of phenolic OH excluding ortho intramolecular Hbond substituents is 1. The molecule has 9 aromatic carbocycles. The number of phenols is 1. The van der Waals surface area contributed by atoms with Crippen LogP contribution < -0.4 is 62.7 Å². The lowest BCUT2D eigenvalue weighted by molar-refractivity contribution is 0.415. The number of methoxy groups -OCH3 is 4. The van der Waals surface area contributed by atoms with Gasteiger partial charge in [0.15, 0.2) is 16.1 Å². The maximum atomic E-state index is 9.42. The molecule has 0 amide bonds. The van der Waals surface area contributed by atoms with Crippen LogP contribution >= 0.6 is 58.0 Å². The second-order valence-electron chi connectivity index (χ2n) is 19.8.